The van der Waals surface area contributed by atoms with Crippen molar-refractivity contribution in [3.05, 3.63) is 47.8 Å². The molecule has 0 fully saturated rings. The highest BCUT2D eigenvalue weighted by molar-refractivity contribution is 6.30. The van der Waals surface area contributed by atoms with E-state index in [1.54, 1.807) is 25.1 Å². The molecule has 1 aromatic heterocycles. The zero-order valence-corrected chi connectivity index (χ0v) is 9.98. The van der Waals surface area contributed by atoms with Crippen molar-refractivity contribution < 1.29 is 4.79 Å². The van der Waals surface area contributed by atoms with E-state index in [0.29, 0.717) is 16.4 Å². The van der Waals surface area contributed by atoms with Crippen LogP contribution in [-0.2, 0) is 0 Å². The molecule has 1 aromatic carbocycles. The Bertz CT molecular complexity index is 589. The molecule has 0 unspecified atom stereocenters. The highest BCUT2D eigenvalue weighted by atomic mass is 35.5. The van der Waals surface area contributed by atoms with Crippen molar-refractivity contribution in [2.24, 2.45) is 0 Å². The number of benzene rings is 1. The fourth-order valence-electron chi connectivity index (χ4n) is 1.32. The van der Waals surface area contributed by atoms with Crippen LogP contribution in [0.4, 0.5) is 0 Å². The van der Waals surface area contributed by atoms with E-state index in [9.17, 15) is 4.79 Å². The average molecular weight is 248 g/mol. The zero-order valence-electron chi connectivity index (χ0n) is 9.22. The standard InChI is InChI=1S/C12H10ClN3O/c1-8(2)12(17)16-7-14-11(15-16)9-4-3-5-10(13)6-9/h3-7H,1H2,2H3. The third-order valence-electron chi connectivity index (χ3n) is 2.15. The predicted octanol–water partition coefficient (Wildman–Crippen LogP) is 2.81. The number of halogens is 1. The molecular formula is C12H10ClN3O. The number of allylic oxidation sites excluding steroid dienone is 1. The highest BCUT2D eigenvalue weighted by Gasteiger charge is 2.10. The normalized spacial score (nSPS) is 10.2. The third-order valence-corrected chi connectivity index (χ3v) is 2.38. The van der Waals surface area contributed by atoms with E-state index in [2.05, 4.69) is 16.7 Å². The van der Waals surface area contributed by atoms with Crippen LogP contribution in [0.3, 0.4) is 0 Å². The number of hydrogen-bond acceptors (Lipinski definition) is 3. The van der Waals surface area contributed by atoms with Crippen molar-refractivity contribution in [2.45, 2.75) is 6.92 Å². The molecule has 0 N–H and O–H groups in total. The van der Waals surface area contributed by atoms with Gasteiger partial charge < -0.3 is 0 Å². The Morgan fingerprint density at radius 2 is 2.24 bits per heavy atom. The number of carbonyl (C=O) groups is 1. The van der Waals surface area contributed by atoms with Crippen molar-refractivity contribution in [2.75, 3.05) is 0 Å². The molecule has 5 heteroatoms. The topological polar surface area (TPSA) is 47.8 Å². The first kappa shape index (κ1) is 11.5. The number of nitrogens with zero attached hydrogens (tertiary/aromatic N) is 3. The molecule has 0 amide bonds. The molecule has 0 aliphatic rings. The largest absolute Gasteiger partial charge is 0.274 e. The van der Waals surface area contributed by atoms with Crippen molar-refractivity contribution >= 4 is 17.5 Å². The Morgan fingerprint density at radius 1 is 1.47 bits per heavy atom. The van der Waals surface area contributed by atoms with Gasteiger partial charge in [-0.15, -0.1) is 5.10 Å². The average Bonchev–Trinajstić information content (AvgIpc) is 2.77. The maximum absolute atomic E-state index is 11.6. The summed E-state index contributed by atoms with van der Waals surface area (Å²) in [6.45, 7) is 5.20. The van der Waals surface area contributed by atoms with Crippen molar-refractivity contribution in [3.8, 4) is 11.4 Å². The minimum absolute atomic E-state index is 0.272. The lowest BCUT2D eigenvalue weighted by molar-refractivity contribution is 0.0940. The van der Waals surface area contributed by atoms with Gasteiger partial charge in [0.2, 0.25) is 0 Å². The van der Waals surface area contributed by atoms with Crippen LogP contribution < -0.4 is 0 Å². The lowest BCUT2D eigenvalue weighted by Gasteiger charge is -1.97. The maximum atomic E-state index is 11.6. The summed E-state index contributed by atoms with van der Waals surface area (Å²) in [5, 5.41) is 4.68. The Labute approximate surface area is 104 Å². The summed E-state index contributed by atoms with van der Waals surface area (Å²) >= 11 is 5.87. The number of aromatic nitrogens is 3. The summed E-state index contributed by atoms with van der Waals surface area (Å²) in [7, 11) is 0. The van der Waals surface area contributed by atoms with Crippen LogP contribution in [0.5, 0.6) is 0 Å². The summed E-state index contributed by atoms with van der Waals surface area (Å²) in [4.78, 5) is 15.7. The fraction of sp³-hybridized carbons (Fsp3) is 0.0833. The Hall–Kier alpha value is -1.94. The minimum Gasteiger partial charge on any atom is -0.267 e. The van der Waals surface area contributed by atoms with E-state index in [-0.39, 0.29) is 5.91 Å². The van der Waals surface area contributed by atoms with Crippen LogP contribution >= 0.6 is 11.6 Å². The summed E-state index contributed by atoms with van der Waals surface area (Å²) < 4.78 is 1.17. The van der Waals surface area contributed by atoms with Gasteiger partial charge in [0, 0.05) is 16.2 Å². The molecule has 2 aromatic rings. The number of hydrogen-bond donors (Lipinski definition) is 0. The van der Waals surface area contributed by atoms with Gasteiger partial charge in [-0.25, -0.2) is 4.98 Å². The Balaban J connectivity index is 2.36. The molecule has 0 saturated carbocycles. The van der Waals surface area contributed by atoms with Crippen molar-refractivity contribution in [1.82, 2.24) is 14.8 Å². The molecule has 4 nitrogen and oxygen atoms in total. The van der Waals surface area contributed by atoms with E-state index in [1.165, 1.54) is 11.0 Å². The van der Waals surface area contributed by atoms with Gasteiger partial charge in [0.05, 0.1) is 0 Å². The van der Waals surface area contributed by atoms with Gasteiger partial charge in [-0.3, -0.25) is 4.79 Å². The predicted molar refractivity (Wildman–Crippen MR) is 65.9 cm³/mol. The Morgan fingerprint density at radius 3 is 2.88 bits per heavy atom. The quantitative estimate of drug-likeness (QED) is 0.767. The van der Waals surface area contributed by atoms with Gasteiger partial charge in [-0.05, 0) is 19.1 Å². The third kappa shape index (κ3) is 2.42. The van der Waals surface area contributed by atoms with Gasteiger partial charge in [0.25, 0.3) is 5.91 Å². The van der Waals surface area contributed by atoms with Gasteiger partial charge in [0.1, 0.15) is 6.33 Å². The first-order valence-corrected chi connectivity index (χ1v) is 5.33. The Kier molecular flexibility index (Phi) is 3.06. The zero-order chi connectivity index (χ0) is 12.4. The molecule has 0 saturated heterocycles. The van der Waals surface area contributed by atoms with Crippen LogP contribution in [0, 0.1) is 0 Å². The van der Waals surface area contributed by atoms with E-state index >= 15 is 0 Å². The van der Waals surface area contributed by atoms with Crippen LogP contribution in [0.15, 0.2) is 42.7 Å². The van der Waals surface area contributed by atoms with E-state index < -0.39 is 0 Å². The maximum Gasteiger partial charge on any atom is 0.274 e. The fourth-order valence-corrected chi connectivity index (χ4v) is 1.51. The van der Waals surface area contributed by atoms with E-state index in [4.69, 9.17) is 11.6 Å². The smallest absolute Gasteiger partial charge is 0.267 e. The van der Waals surface area contributed by atoms with Crippen LogP contribution in [0.25, 0.3) is 11.4 Å². The molecule has 0 radical (unpaired) electrons. The monoisotopic (exact) mass is 247 g/mol. The second kappa shape index (κ2) is 4.51. The molecule has 0 aliphatic heterocycles. The SMILES string of the molecule is C=C(C)C(=O)n1cnc(-c2cccc(Cl)c2)n1. The molecule has 0 aliphatic carbocycles. The summed E-state index contributed by atoms with van der Waals surface area (Å²) in [6, 6.07) is 7.14. The summed E-state index contributed by atoms with van der Waals surface area (Å²) in [5.74, 6) is 0.188. The molecule has 2 rings (SSSR count). The lowest BCUT2D eigenvalue weighted by atomic mass is 10.2. The van der Waals surface area contributed by atoms with E-state index in [1.807, 2.05) is 6.07 Å². The van der Waals surface area contributed by atoms with Crippen LogP contribution in [-0.4, -0.2) is 20.7 Å². The molecule has 0 spiro atoms. The highest BCUT2D eigenvalue weighted by Crippen LogP contribution is 2.18. The summed E-state index contributed by atoms with van der Waals surface area (Å²) in [5.41, 5.74) is 1.18. The first-order chi connectivity index (χ1) is 8.08. The van der Waals surface area contributed by atoms with Gasteiger partial charge >= 0.3 is 0 Å². The van der Waals surface area contributed by atoms with Crippen molar-refractivity contribution in [3.63, 3.8) is 0 Å². The van der Waals surface area contributed by atoms with Crippen LogP contribution in [0.1, 0.15) is 11.7 Å². The second-order valence-electron chi connectivity index (χ2n) is 3.61. The second-order valence-corrected chi connectivity index (χ2v) is 4.05. The molecule has 0 atom stereocenters. The van der Waals surface area contributed by atoms with Gasteiger partial charge in [-0.1, -0.05) is 30.3 Å². The number of rotatable bonds is 2. The molecular weight excluding hydrogens is 238 g/mol. The van der Waals surface area contributed by atoms with E-state index in [0.717, 1.165) is 5.56 Å². The first-order valence-electron chi connectivity index (χ1n) is 4.96. The minimum atomic E-state index is -0.272. The molecule has 86 valence electrons. The number of carbonyl (C=O) groups excluding carboxylic acids is 1. The lowest BCUT2D eigenvalue weighted by Crippen LogP contribution is -2.11. The van der Waals surface area contributed by atoms with Gasteiger partial charge in [-0.2, -0.15) is 4.68 Å². The summed E-state index contributed by atoms with van der Waals surface area (Å²) in [6.07, 6.45) is 1.37. The molecule has 17 heavy (non-hydrogen) atoms. The molecule has 0 bridgehead atoms. The van der Waals surface area contributed by atoms with Gasteiger partial charge in [0.15, 0.2) is 5.82 Å². The van der Waals surface area contributed by atoms with Crippen LogP contribution in [0.2, 0.25) is 5.02 Å². The molecule has 1 heterocycles. The van der Waals surface area contributed by atoms with Crippen molar-refractivity contribution in [1.29, 1.82) is 0 Å².